The van der Waals surface area contributed by atoms with Gasteiger partial charge in [0, 0.05) is 12.5 Å². The first-order valence-electron chi connectivity index (χ1n) is 7.88. The van der Waals surface area contributed by atoms with Crippen LogP contribution in [0.1, 0.15) is 41.9 Å². The third-order valence-corrected chi connectivity index (χ3v) is 4.49. The molecule has 0 bridgehead atoms. The average Bonchev–Trinajstić information content (AvgIpc) is 3.17. The van der Waals surface area contributed by atoms with E-state index in [4.69, 9.17) is 9.47 Å². The van der Waals surface area contributed by atoms with Crippen LogP contribution < -0.4 is 0 Å². The Labute approximate surface area is 136 Å². The molecule has 1 fully saturated rings. The molecule has 23 heavy (non-hydrogen) atoms. The number of ether oxygens (including phenoxy) is 2. The number of carbonyl (C=O) groups excluding carboxylic acids is 1. The van der Waals surface area contributed by atoms with E-state index in [1.165, 1.54) is 0 Å². The van der Waals surface area contributed by atoms with E-state index in [-0.39, 0.29) is 17.4 Å². The van der Waals surface area contributed by atoms with Crippen LogP contribution in [0.15, 0.2) is 42.9 Å². The second-order valence-electron chi connectivity index (χ2n) is 6.28. The molecule has 3 rings (SSSR count). The number of benzene rings is 1. The second-order valence-corrected chi connectivity index (χ2v) is 6.28. The third-order valence-electron chi connectivity index (χ3n) is 4.49. The number of rotatable bonds is 7. The van der Waals surface area contributed by atoms with Gasteiger partial charge >= 0.3 is 5.97 Å². The Hall–Kier alpha value is -2.14. The zero-order valence-corrected chi connectivity index (χ0v) is 13.6. The van der Waals surface area contributed by atoms with Crippen molar-refractivity contribution in [2.24, 2.45) is 5.41 Å². The van der Waals surface area contributed by atoms with Crippen molar-refractivity contribution in [3.05, 3.63) is 54.1 Å². The van der Waals surface area contributed by atoms with Gasteiger partial charge in [-0.15, -0.1) is 0 Å². The van der Waals surface area contributed by atoms with Crippen LogP contribution in [-0.4, -0.2) is 35.8 Å². The summed E-state index contributed by atoms with van der Waals surface area (Å²) in [5.74, 6) is -0.326. The molecule has 1 aromatic heterocycles. The number of aromatic nitrogens is 2. The molecule has 0 N–H and O–H groups in total. The third kappa shape index (κ3) is 3.45. The molecule has 1 saturated carbocycles. The molecule has 5 heteroatoms. The summed E-state index contributed by atoms with van der Waals surface area (Å²) < 4.78 is 12.6. The highest BCUT2D eigenvalue weighted by Gasteiger charge is 2.44. The van der Waals surface area contributed by atoms with E-state index in [0.29, 0.717) is 18.9 Å². The van der Waals surface area contributed by atoms with Crippen LogP contribution in [0.25, 0.3) is 0 Å². The SMILES string of the molecule is COCC1(COC(=O)c2cncn2[C@H](C)c2ccccc2)CC1. The zero-order chi connectivity index (χ0) is 16.3. The van der Waals surface area contributed by atoms with Gasteiger partial charge in [0.05, 0.1) is 31.8 Å². The first kappa shape index (κ1) is 15.7. The van der Waals surface area contributed by atoms with Gasteiger partial charge in [0.2, 0.25) is 0 Å². The summed E-state index contributed by atoms with van der Waals surface area (Å²) in [6, 6.07) is 10.1. The number of methoxy groups -OCH3 is 1. The van der Waals surface area contributed by atoms with Gasteiger partial charge in [-0.05, 0) is 25.3 Å². The number of esters is 1. The van der Waals surface area contributed by atoms with Crippen LogP contribution in [0, 0.1) is 5.41 Å². The van der Waals surface area contributed by atoms with Gasteiger partial charge in [0.1, 0.15) is 5.69 Å². The Kier molecular flexibility index (Phi) is 4.48. The van der Waals surface area contributed by atoms with Crippen LogP contribution in [0.4, 0.5) is 0 Å². The first-order chi connectivity index (χ1) is 11.2. The highest BCUT2D eigenvalue weighted by Crippen LogP contribution is 2.46. The standard InChI is InChI=1S/C18H22N2O3/c1-14(15-6-4-3-5-7-15)20-13-19-10-16(20)17(21)23-12-18(8-9-18)11-22-2/h3-7,10,13-14H,8-9,11-12H2,1-2H3/t14-/m1/s1. The lowest BCUT2D eigenvalue weighted by Gasteiger charge is -2.18. The van der Waals surface area contributed by atoms with Gasteiger partial charge in [0.25, 0.3) is 0 Å². The van der Waals surface area contributed by atoms with Gasteiger partial charge in [0.15, 0.2) is 0 Å². The summed E-state index contributed by atoms with van der Waals surface area (Å²) in [5.41, 5.74) is 1.63. The van der Waals surface area contributed by atoms with E-state index >= 15 is 0 Å². The van der Waals surface area contributed by atoms with Crippen molar-refractivity contribution in [1.29, 1.82) is 0 Å². The van der Waals surface area contributed by atoms with Crippen molar-refractivity contribution in [3.63, 3.8) is 0 Å². The predicted octanol–water partition coefficient (Wildman–Crippen LogP) is 3.08. The van der Waals surface area contributed by atoms with Crippen molar-refractivity contribution in [2.45, 2.75) is 25.8 Å². The first-order valence-corrected chi connectivity index (χ1v) is 7.88. The van der Waals surface area contributed by atoms with Gasteiger partial charge < -0.3 is 14.0 Å². The zero-order valence-electron chi connectivity index (χ0n) is 13.6. The molecule has 1 atom stereocenters. The number of carbonyl (C=O) groups is 1. The smallest absolute Gasteiger partial charge is 0.356 e. The number of hydrogen-bond acceptors (Lipinski definition) is 4. The van der Waals surface area contributed by atoms with Crippen LogP contribution >= 0.6 is 0 Å². The van der Waals surface area contributed by atoms with E-state index in [9.17, 15) is 4.79 Å². The molecular formula is C18H22N2O3. The summed E-state index contributed by atoms with van der Waals surface area (Å²) in [7, 11) is 1.68. The Morgan fingerprint density at radius 1 is 1.30 bits per heavy atom. The van der Waals surface area contributed by atoms with Crippen molar-refractivity contribution in [2.75, 3.05) is 20.3 Å². The van der Waals surface area contributed by atoms with E-state index in [0.717, 1.165) is 18.4 Å². The van der Waals surface area contributed by atoms with Crippen LogP contribution in [0.2, 0.25) is 0 Å². The maximum absolute atomic E-state index is 12.4. The quantitative estimate of drug-likeness (QED) is 0.737. The lowest BCUT2D eigenvalue weighted by Crippen LogP contribution is -2.22. The Morgan fingerprint density at radius 2 is 2.04 bits per heavy atom. The molecule has 0 aliphatic heterocycles. The number of imidazole rings is 1. The lowest BCUT2D eigenvalue weighted by molar-refractivity contribution is 0.0290. The molecule has 122 valence electrons. The monoisotopic (exact) mass is 314 g/mol. The van der Waals surface area contributed by atoms with Gasteiger partial charge in [-0.3, -0.25) is 0 Å². The highest BCUT2D eigenvalue weighted by molar-refractivity contribution is 5.87. The molecule has 0 unspecified atom stereocenters. The summed E-state index contributed by atoms with van der Waals surface area (Å²) >= 11 is 0. The minimum atomic E-state index is -0.326. The van der Waals surface area contributed by atoms with Crippen LogP contribution in [-0.2, 0) is 9.47 Å². The van der Waals surface area contributed by atoms with E-state index in [2.05, 4.69) is 4.98 Å². The molecule has 0 spiro atoms. The van der Waals surface area contributed by atoms with Crippen LogP contribution in [0.5, 0.6) is 0 Å². The van der Waals surface area contributed by atoms with Gasteiger partial charge in [-0.1, -0.05) is 30.3 Å². The number of hydrogen-bond donors (Lipinski definition) is 0. The Bertz CT molecular complexity index is 662. The Balaban J connectivity index is 1.69. The summed E-state index contributed by atoms with van der Waals surface area (Å²) in [6.07, 6.45) is 5.34. The molecule has 1 heterocycles. The molecule has 0 radical (unpaired) electrons. The van der Waals surface area contributed by atoms with Gasteiger partial charge in [-0.25, -0.2) is 9.78 Å². The van der Waals surface area contributed by atoms with Crippen molar-refractivity contribution in [1.82, 2.24) is 9.55 Å². The minimum Gasteiger partial charge on any atom is -0.460 e. The second kappa shape index (κ2) is 6.54. The molecule has 5 nitrogen and oxygen atoms in total. The minimum absolute atomic E-state index is 0.0233. The van der Waals surface area contributed by atoms with E-state index in [1.54, 1.807) is 19.6 Å². The van der Waals surface area contributed by atoms with E-state index < -0.39 is 0 Å². The largest absolute Gasteiger partial charge is 0.460 e. The summed E-state index contributed by atoms with van der Waals surface area (Å²) in [4.78, 5) is 16.5. The summed E-state index contributed by atoms with van der Waals surface area (Å²) in [5, 5.41) is 0. The topological polar surface area (TPSA) is 53.4 Å². The van der Waals surface area contributed by atoms with Crippen molar-refractivity contribution < 1.29 is 14.3 Å². The average molecular weight is 314 g/mol. The lowest BCUT2D eigenvalue weighted by atomic mass is 10.1. The maximum atomic E-state index is 12.4. The van der Waals surface area contributed by atoms with Gasteiger partial charge in [-0.2, -0.15) is 0 Å². The van der Waals surface area contributed by atoms with Crippen molar-refractivity contribution in [3.8, 4) is 0 Å². The fraction of sp³-hybridized carbons (Fsp3) is 0.444. The fourth-order valence-electron chi connectivity index (χ4n) is 2.77. The maximum Gasteiger partial charge on any atom is 0.356 e. The normalized spacial score (nSPS) is 16.8. The molecule has 0 amide bonds. The van der Waals surface area contributed by atoms with Crippen LogP contribution in [0.3, 0.4) is 0 Å². The molecule has 0 saturated heterocycles. The molecule has 2 aromatic rings. The summed E-state index contributed by atoms with van der Waals surface area (Å²) in [6.45, 7) is 3.09. The molecule has 1 aliphatic rings. The molecule has 1 aromatic carbocycles. The predicted molar refractivity (Wildman–Crippen MR) is 86.3 cm³/mol. The molecular weight excluding hydrogens is 292 g/mol. The number of nitrogens with zero attached hydrogens (tertiary/aromatic N) is 2. The highest BCUT2D eigenvalue weighted by atomic mass is 16.5. The molecule has 1 aliphatic carbocycles. The fourth-order valence-corrected chi connectivity index (χ4v) is 2.77. The Morgan fingerprint density at radius 3 is 2.70 bits per heavy atom. The van der Waals surface area contributed by atoms with Crippen molar-refractivity contribution >= 4 is 5.97 Å². The van der Waals surface area contributed by atoms with E-state index in [1.807, 2.05) is 41.8 Å².